The number of nitrogens with zero attached hydrogens (tertiary/aromatic N) is 1. The summed E-state index contributed by atoms with van der Waals surface area (Å²) in [6, 6.07) is 47.6. The van der Waals surface area contributed by atoms with Crippen LogP contribution in [-0.2, 0) is 0 Å². The highest BCUT2D eigenvalue weighted by molar-refractivity contribution is 8.34. The fraction of sp³-hybridized carbons (Fsp3) is 0. The summed E-state index contributed by atoms with van der Waals surface area (Å²) in [7, 11) is -1.68. The zero-order valence-electron chi connectivity index (χ0n) is 17.1. The highest BCUT2D eigenvalue weighted by atomic mass is 32.3. The predicted molar refractivity (Wildman–Crippen MR) is 130 cm³/mol. The molecule has 0 atom stereocenters. The van der Waals surface area contributed by atoms with Crippen LogP contribution in [0, 0.1) is 0 Å². The molecule has 5 rings (SSSR count). The predicted octanol–water partition coefficient (Wildman–Crippen LogP) is 8.09. The maximum absolute atomic E-state index is 4.72. The minimum absolute atomic E-state index is 0.998. The highest BCUT2D eigenvalue weighted by Crippen LogP contribution is 2.73. The molecule has 1 aromatic heterocycles. The summed E-state index contributed by atoms with van der Waals surface area (Å²) in [5.41, 5.74) is 2.13. The van der Waals surface area contributed by atoms with Crippen LogP contribution in [-0.4, -0.2) is 4.98 Å². The van der Waals surface area contributed by atoms with Gasteiger partial charge in [-0.3, -0.25) is 4.98 Å². The van der Waals surface area contributed by atoms with E-state index in [-0.39, 0.29) is 0 Å². The second kappa shape index (κ2) is 8.63. The van der Waals surface area contributed by atoms with Crippen LogP contribution in [0.5, 0.6) is 0 Å². The molecule has 1 heterocycles. The maximum atomic E-state index is 4.72. The van der Waals surface area contributed by atoms with Crippen molar-refractivity contribution in [2.45, 2.75) is 19.6 Å². The van der Waals surface area contributed by atoms with Gasteiger partial charge < -0.3 is 0 Å². The summed E-state index contributed by atoms with van der Waals surface area (Å²) in [6.45, 7) is 0. The van der Waals surface area contributed by atoms with Gasteiger partial charge in [0.05, 0.1) is 5.69 Å². The minimum atomic E-state index is -1.68. The van der Waals surface area contributed by atoms with Gasteiger partial charge in [-0.25, -0.2) is 0 Å². The number of rotatable bonds is 5. The van der Waals surface area contributed by atoms with Crippen LogP contribution < -0.4 is 0 Å². The Hall–Kier alpha value is -3.62. The molecule has 150 valence electrons. The lowest BCUT2D eigenvalue weighted by atomic mass is 10.1. The molecule has 0 radical (unpaired) electrons. The molecular formula is C29H23NS. The summed E-state index contributed by atoms with van der Waals surface area (Å²) in [6.07, 6.45) is 1.95. The second-order valence-electron chi connectivity index (χ2n) is 7.29. The van der Waals surface area contributed by atoms with E-state index in [0.29, 0.717) is 0 Å². The van der Waals surface area contributed by atoms with Crippen molar-refractivity contribution >= 4 is 10.0 Å². The third-order valence-corrected chi connectivity index (χ3v) is 9.34. The van der Waals surface area contributed by atoms with Gasteiger partial charge >= 0.3 is 0 Å². The maximum Gasteiger partial charge on any atom is 0.0712 e. The second-order valence-corrected chi connectivity index (χ2v) is 10.4. The molecule has 0 unspecified atom stereocenters. The van der Waals surface area contributed by atoms with Gasteiger partial charge in [-0.05, 0) is 48.5 Å². The lowest BCUT2D eigenvalue weighted by molar-refractivity contribution is 1.20. The number of benzene rings is 4. The van der Waals surface area contributed by atoms with Crippen molar-refractivity contribution in [1.29, 1.82) is 0 Å². The Balaban J connectivity index is 1.85. The first kappa shape index (κ1) is 19.3. The van der Waals surface area contributed by atoms with Crippen LogP contribution in [0.15, 0.2) is 159 Å². The fourth-order valence-corrected chi connectivity index (χ4v) is 7.94. The average molecular weight is 418 g/mol. The third-order valence-electron chi connectivity index (χ3n) is 5.44. The molecule has 0 aliphatic carbocycles. The Morgan fingerprint density at radius 3 is 1.29 bits per heavy atom. The van der Waals surface area contributed by atoms with E-state index in [1.807, 2.05) is 12.3 Å². The van der Waals surface area contributed by atoms with E-state index in [9.17, 15) is 0 Å². The van der Waals surface area contributed by atoms with Gasteiger partial charge in [-0.2, -0.15) is 0 Å². The molecule has 0 saturated heterocycles. The van der Waals surface area contributed by atoms with Crippen molar-refractivity contribution < 1.29 is 0 Å². The van der Waals surface area contributed by atoms with Crippen molar-refractivity contribution in [2.24, 2.45) is 0 Å². The van der Waals surface area contributed by atoms with Gasteiger partial charge in [0.25, 0.3) is 0 Å². The first-order valence-corrected chi connectivity index (χ1v) is 12.0. The summed E-state index contributed by atoms with van der Waals surface area (Å²) in [5.74, 6) is 0. The van der Waals surface area contributed by atoms with E-state index in [2.05, 4.69) is 127 Å². The van der Waals surface area contributed by atoms with E-state index in [4.69, 9.17) is 4.98 Å². The Labute approximate surface area is 185 Å². The molecule has 0 saturated carbocycles. The Morgan fingerprint density at radius 1 is 0.419 bits per heavy atom. The van der Waals surface area contributed by atoms with Crippen LogP contribution in [0.1, 0.15) is 0 Å². The van der Waals surface area contributed by atoms with Gasteiger partial charge in [-0.1, -0.05) is 84.9 Å². The van der Waals surface area contributed by atoms with Crippen LogP contribution in [0.25, 0.3) is 11.3 Å². The zero-order chi connectivity index (χ0) is 20.9. The molecule has 2 heteroatoms. The zero-order valence-corrected chi connectivity index (χ0v) is 18.0. The molecule has 0 N–H and O–H groups in total. The summed E-state index contributed by atoms with van der Waals surface area (Å²) in [4.78, 5) is 9.95. The topological polar surface area (TPSA) is 12.9 Å². The third kappa shape index (κ3) is 3.56. The van der Waals surface area contributed by atoms with Crippen LogP contribution in [0.4, 0.5) is 0 Å². The van der Waals surface area contributed by atoms with Crippen LogP contribution >= 0.6 is 10.0 Å². The smallest absolute Gasteiger partial charge is 0.0712 e. The molecule has 0 amide bonds. The van der Waals surface area contributed by atoms with Crippen molar-refractivity contribution in [1.82, 2.24) is 4.98 Å². The molecular weight excluding hydrogens is 394 g/mol. The van der Waals surface area contributed by atoms with Crippen LogP contribution in [0.3, 0.4) is 0 Å². The molecule has 1 nitrogen and oxygen atoms in total. The summed E-state index contributed by atoms with van der Waals surface area (Å²) in [5, 5.41) is 0. The molecule has 5 aromatic rings. The van der Waals surface area contributed by atoms with Crippen molar-refractivity contribution in [3.8, 4) is 11.3 Å². The molecule has 0 fully saturated rings. The Kier molecular flexibility index (Phi) is 5.39. The Morgan fingerprint density at radius 2 is 0.839 bits per heavy atom. The molecule has 0 bridgehead atoms. The SMILES string of the molecule is c1ccc(-c2cc(S(c3ccccc3)(c3ccccc3)c3ccccc3)ccn2)cc1. The van der Waals surface area contributed by atoms with E-state index in [0.717, 1.165) is 11.3 Å². The molecule has 0 spiro atoms. The normalized spacial score (nSPS) is 11.7. The standard InChI is InChI=1S/C29H23NS/c1-5-13-24(14-6-1)29-23-28(21-22-30-29)31(25-15-7-2-8-16-25,26-17-9-3-10-18-26)27-19-11-4-12-20-27/h1-23H. The van der Waals surface area contributed by atoms with E-state index in [1.165, 1.54) is 19.6 Å². The van der Waals surface area contributed by atoms with Crippen LogP contribution in [0.2, 0.25) is 0 Å². The first-order chi connectivity index (χ1) is 15.4. The van der Waals surface area contributed by atoms with Crippen molar-refractivity contribution in [2.75, 3.05) is 0 Å². The largest absolute Gasteiger partial charge is 0.256 e. The van der Waals surface area contributed by atoms with Gasteiger partial charge in [-0.15, -0.1) is 10.0 Å². The number of pyridine rings is 1. The minimum Gasteiger partial charge on any atom is -0.256 e. The van der Waals surface area contributed by atoms with Gasteiger partial charge in [0, 0.05) is 31.3 Å². The molecule has 31 heavy (non-hydrogen) atoms. The monoisotopic (exact) mass is 417 g/mol. The van der Waals surface area contributed by atoms with Gasteiger partial charge in [0.2, 0.25) is 0 Å². The van der Waals surface area contributed by atoms with E-state index in [1.54, 1.807) is 0 Å². The average Bonchev–Trinajstić information content (AvgIpc) is 2.87. The lowest BCUT2D eigenvalue weighted by Crippen LogP contribution is -2.05. The summed E-state index contributed by atoms with van der Waals surface area (Å²) < 4.78 is 0. The Bertz CT molecular complexity index is 1160. The molecule has 4 aromatic carbocycles. The quantitative estimate of drug-likeness (QED) is 0.281. The molecule has 0 aliphatic rings. The first-order valence-electron chi connectivity index (χ1n) is 10.4. The number of aromatic nitrogens is 1. The van der Waals surface area contributed by atoms with E-state index >= 15 is 0 Å². The van der Waals surface area contributed by atoms with Crippen molar-refractivity contribution in [3.05, 3.63) is 140 Å². The van der Waals surface area contributed by atoms with Crippen molar-refractivity contribution in [3.63, 3.8) is 0 Å². The van der Waals surface area contributed by atoms with E-state index < -0.39 is 10.0 Å². The lowest BCUT2D eigenvalue weighted by Gasteiger charge is -2.42. The number of hydrogen-bond acceptors (Lipinski definition) is 1. The molecule has 0 aliphatic heterocycles. The summed E-state index contributed by atoms with van der Waals surface area (Å²) >= 11 is 0. The highest BCUT2D eigenvalue weighted by Gasteiger charge is 2.33. The number of hydrogen-bond donors (Lipinski definition) is 0. The fourth-order valence-electron chi connectivity index (χ4n) is 4.06. The van der Waals surface area contributed by atoms with Gasteiger partial charge in [0.15, 0.2) is 0 Å². The van der Waals surface area contributed by atoms with Gasteiger partial charge in [0.1, 0.15) is 0 Å².